The molecule has 2 N–H and O–H groups in total. The molecule has 5 heteroatoms. The fourth-order valence-electron chi connectivity index (χ4n) is 2.29. The number of amides is 1. The van der Waals surface area contributed by atoms with E-state index < -0.39 is 0 Å². The van der Waals surface area contributed by atoms with E-state index in [-0.39, 0.29) is 23.4 Å². The van der Waals surface area contributed by atoms with Gasteiger partial charge in [0.1, 0.15) is 5.82 Å². The Kier molecular flexibility index (Phi) is 5.57. The van der Waals surface area contributed by atoms with Crippen LogP contribution < -0.4 is 10.1 Å². The monoisotopic (exact) mass is 317 g/mol. The van der Waals surface area contributed by atoms with Crippen molar-refractivity contribution < 1.29 is 19.0 Å². The quantitative estimate of drug-likeness (QED) is 0.859. The fourth-order valence-corrected chi connectivity index (χ4v) is 2.29. The van der Waals surface area contributed by atoms with Crippen molar-refractivity contribution >= 4 is 5.91 Å². The standard InChI is InChI=1S/C18H20FNO3/c1-12(14-4-6-15(19)7-5-14)9-18(22)20-11-13-3-8-16(21)17(10-13)23-2/h3-8,10,12,21H,9,11H2,1-2H3,(H,20,22)/t12-/m0/s1. The lowest BCUT2D eigenvalue weighted by Crippen LogP contribution is -2.24. The van der Waals surface area contributed by atoms with Crippen molar-refractivity contribution in [3.05, 3.63) is 59.4 Å². The highest BCUT2D eigenvalue weighted by Gasteiger charge is 2.11. The molecule has 0 aliphatic heterocycles. The van der Waals surface area contributed by atoms with E-state index in [0.29, 0.717) is 18.7 Å². The second-order valence-corrected chi connectivity index (χ2v) is 5.44. The van der Waals surface area contributed by atoms with Gasteiger partial charge in [-0.1, -0.05) is 25.1 Å². The average molecular weight is 317 g/mol. The van der Waals surface area contributed by atoms with Crippen molar-refractivity contribution in [1.29, 1.82) is 0 Å². The molecule has 1 amide bonds. The molecule has 4 nitrogen and oxygen atoms in total. The van der Waals surface area contributed by atoms with E-state index in [4.69, 9.17) is 4.74 Å². The SMILES string of the molecule is COc1cc(CNC(=O)C[C@H](C)c2ccc(F)cc2)ccc1O. The summed E-state index contributed by atoms with van der Waals surface area (Å²) >= 11 is 0. The lowest BCUT2D eigenvalue weighted by Gasteiger charge is -2.12. The number of ether oxygens (including phenoxy) is 1. The molecule has 122 valence electrons. The minimum atomic E-state index is -0.285. The number of methoxy groups -OCH3 is 1. The number of hydrogen-bond donors (Lipinski definition) is 2. The fraction of sp³-hybridized carbons (Fsp3) is 0.278. The Hall–Kier alpha value is -2.56. The predicted molar refractivity (Wildman–Crippen MR) is 85.9 cm³/mol. The maximum absolute atomic E-state index is 12.9. The minimum absolute atomic E-state index is 0.00459. The lowest BCUT2D eigenvalue weighted by atomic mass is 9.97. The number of hydrogen-bond acceptors (Lipinski definition) is 3. The molecule has 0 saturated carbocycles. The Morgan fingerprint density at radius 3 is 2.61 bits per heavy atom. The second-order valence-electron chi connectivity index (χ2n) is 5.44. The summed E-state index contributed by atoms with van der Waals surface area (Å²) in [6.07, 6.45) is 0.320. The zero-order valence-electron chi connectivity index (χ0n) is 13.2. The number of phenolic OH excluding ortho intramolecular Hbond substituents is 1. The Bertz CT molecular complexity index is 670. The molecule has 0 unspecified atom stereocenters. The van der Waals surface area contributed by atoms with E-state index in [2.05, 4.69) is 5.32 Å². The van der Waals surface area contributed by atoms with Crippen LogP contribution >= 0.6 is 0 Å². The van der Waals surface area contributed by atoms with Gasteiger partial charge in [-0.25, -0.2) is 4.39 Å². The van der Waals surface area contributed by atoms with Gasteiger partial charge in [0.15, 0.2) is 11.5 Å². The molecule has 23 heavy (non-hydrogen) atoms. The van der Waals surface area contributed by atoms with Gasteiger partial charge in [0, 0.05) is 13.0 Å². The second kappa shape index (κ2) is 7.63. The summed E-state index contributed by atoms with van der Waals surface area (Å²) in [4.78, 5) is 12.0. The van der Waals surface area contributed by atoms with Crippen molar-refractivity contribution in [2.75, 3.05) is 7.11 Å². The molecular weight excluding hydrogens is 297 g/mol. The first kappa shape index (κ1) is 16.8. The molecule has 1 atom stereocenters. The Labute approximate surface area is 134 Å². The number of halogens is 1. The van der Waals surface area contributed by atoms with Crippen LogP contribution in [0, 0.1) is 5.82 Å². The molecule has 2 rings (SSSR count). The Morgan fingerprint density at radius 2 is 1.96 bits per heavy atom. The largest absolute Gasteiger partial charge is 0.504 e. The Balaban J connectivity index is 1.88. The first-order chi connectivity index (χ1) is 11.0. The predicted octanol–water partition coefficient (Wildman–Crippen LogP) is 3.35. The number of rotatable bonds is 6. The molecule has 0 radical (unpaired) electrons. The van der Waals surface area contributed by atoms with E-state index in [0.717, 1.165) is 11.1 Å². The van der Waals surface area contributed by atoms with Gasteiger partial charge >= 0.3 is 0 Å². The number of aromatic hydroxyl groups is 1. The van der Waals surface area contributed by atoms with Crippen molar-refractivity contribution in [3.63, 3.8) is 0 Å². The first-order valence-electron chi connectivity index (χ1n) is 7.37. The topological polar surface area (TPSA) is 58.6 Å². The normalized spacial score (nSPS) is 11.8. The molecule has 0 fully saturated rings. The zero-order valence-corrected chi connectivity index (χ0v) is 13.2. The Morgan fingerprint density at radius 1 is 1.26 bits per heavy atom. The smallest absolute Gasteiger partial charge is 0.220 e. The number of nitrogens with one attached hydrogen (secondary N) is 1. The van der Waals surface area contributed by atoms with Gasteiger partial charge in [0.2, 0.25) is 5.91 Å². The summed E-state index contributed by atoms with van der Waals surface area (Å²) in [6, 6.07) is 11.1. The maximum Gasteiger partial charge on any atom is 0.220 e. The zero-order chi connectivity index (χ0) is 16.8. The van der Waals surface area contributed by atoms with Gasteiger partial charge in [0.25, 0.3) is 0 Å². The van der Waals surface area contributed by atoms with Crippen molar-refractivity contribution in [2.24, 2.45) is 0 Å². The molecule has 0 heterocycles. The van der Waals surface area contributed by atoms with Gasteiger partial charge in [0.05, 0.1) is 7.11 Å². The van der Waals surface area contributed by atoms with Gasteiger partial charge in [-0.15, -0.1) is 0 Å². The van der Waals surface area contributed by atoms with Crippen LogP contribution in [0.5, 0.6) is 11.5 Å². The van der Waals surface area contributed by atoms with Gasteiger partial charge in [-0.3, -0.25) is 4.79 Å². The van der Waals surface area contributed by atoms with E-state index in [9.17, 15) is 14.3 Å². The summed E-state index contributed by atoms with van der Waals surface area (Å²) in [7, 11) is 1.47. The van der Waals surface area contributed by atoms with Crippen LogP contribution in [0.25, 0.3) is 0 Å². The molecule has 0 aromatic heterocycles. The highest BCUT2D eigenvalue weighted by atomic mass is 19.1. The maximum atomic E-state index is 12.9. The van der Waals surface area contributed by atoms with Gasteiger partial charge < -0.3 is 15.2 Å². The molecule has 2 aromatic rings. The van der Waals surface area contributed by atoms with E-state index in [1.165, 1.54) is 25.3 Å². The van der Waals surface area contributed by atoms with Crippen LogP contribution in [-0.4, -0.2) is 18.1 Å². The average Bonchev–Trinajstić information content (AvgIpc) is 2.54. The van der Waals surface area contributed by atoms with Crippen molar-refractivity contribution in [2.45, 2.75) is 25.8 Å². The molecule has 0 spiro atoms. The third kappa shape index (κ3) is 4.71. The highest BCUT2D eigenvalue weighted by Crippen LogP contribution is 2.26. The van der Waals surface area contributed by atoms with Crippen molar-refractivity contribution in [3.8, 4) is 11.5 Å². The molecule has 0 aliphatic rings. The lowest BCUT2D eigenvalue weighted by molar-refractivity contribution is -0.121. The summed E-state index contributed by atoms with van der Waals surface area (Å²) in [5.74, 6) is 0.0643. The third-order valence-corrected chi connectivity index (χ3v) is 3.66. The molecule has 0 saturated heterocycles. The molecule has 0 aliphatic carbocycles. The van der Waals surface area contributed by atoms with Crippen LogP contribution in [0.1, 0.15) is 30.4 Å². The summed E-state index contributed by atoms with van der Waals surface area (Å²) < 4.78 is 17.9. The van der Waals surface area contributed by atoms with E-state index in [1.807, 2.05) is 6.92 Å². The summed E-state index contributed by atoms with van der Waals surface area (Å²) in [6.45, 7) is 2.28. The van der Waals surface area contributed by atoms with E-state index in [1.54, 1.807) is 24.3 Å². The van der Waals surface area contributed by atoms with Crippen LogP contribution in [-0.2, 0) is 11.3 Å². The van der Waals surface area contributed by atoms with Crippen molar-refractivity contribution in [1.82, 2.24) is 5.32 Å². The van der Waals surface area contributed by atoms with Gasteiger partial charge in [-0.05, 0) is 41.3 Å². The molecular formula is C18H20FNO3. The molecule has 2 aromatic carbocycles. The van der Waals surface area contributed by atoms with Crippen LogP contribution in [0.15, 0.2) is 42.5 Å². The van der Waals surface area contributed by atoms with Crippen LogP contribution in [0.2, 0.25) is 0 Å². The molecule has 0 bridgehead atoms. The van der Waals surface area contributed by atoms with E-state index >= 15 is 0 Å². The number of benzene rings is 2. The summed E-state index contributed by atoms with van der Waals surface area (Å²) in [5.41, 5.74) is 1.76. The van der Waals surface area contributed by atoms with Gasteiger partial charge in [-0.2, -0.15) is 0 Å². The first-order valence-corrected chi connectivity index (χ1v) is 7.37. The van der Waals surface area contributed by atoms with Crippen LogP contribution in [0.3, 0.4) is 0 Å². The van der Waals surface area contributed by atoms with Crippen LogP contribution in [0.4, 0.5) is 4.39 Å². The minimum Gasteiger partial charge on any atom is -0.504 e. The third-order valence-electron chi connectivity index (χ3n) is 3.66. The number of carbonyl (C=O) groups excluding carboxylic acids is 1. The number of phenols is 1. The number of carbonyl (C=O) groups is 1. The summed E-state index contributed by atoms with van der Waals surface area (Å²) in [5, 5.41) is 12.4. The highest BCUT2D eigenvalue weighted by molar-refractivity contribution is 5.76.